The van der Waals surface area contributed by atoms with Crippen molar-refractivity contribution < 1.29 is 41.8 Å². The van der Waals surface area contributed by atoms with Crippen LogP contribution < -0.4 is 20.9 Å². The van der Waals surface area contributed by atoms with Crippen molar-refractivity contribution in [2.24, 2.45) is 0 Å². The van der Waals surface area contributed by atoms with Crippen LogP contribution in [0, 0.1) is 5.82 Å². The van der Waals surface area contributed by atoms with Gasteiger partial charge in [0.2, 0.25) is 5.82 Å². The van der Waals surface area contributed by atoms with Gasteiger partial charge in [0.25, 0.3) is 5.56 Å². The highest BCUT2D eigenvalue weighted by Crippen LogP contribution is 2.53. The molecule has 0 aliphatic carbocycles. The van der Waals surface area contributed by atoms with Crippen LogP contribution in [0.2, 0.25) is 0 Å². The van der Waals surface area contributed by atoms with Crippen molar-refractivity contribution in [1.29, 1.82) is 0 Å². The highest BCUT2D eigenvalue weighted by atomic mass is 35.5. The molecule has 1 fully saturated rings. The summed E-state index contributed by atoms with van der Waals surface area (Å²) < 4.78 is 65.2. The minimum atomic E-state index is -4.52. The van der Waals surface area contributed by atoms with E-state index >= 15 is 0 Å². The number of para-hydroxylation sites is 1. The van der Waals surface area contributed by atoms with Gasteiger partial charge in [0.15, 0.2) is 6.23 Å². The summed E-state index contributed by atoms with van der Waals surface area (Å²) in [5.74, 6) is -2.06. The zero-order chi connectivity index (χ0) is 30.0. The van der Waals surface area contributed by atoms with Gasteiger partial charge in [0.1, 0.15) is 41.1 Å². The standard InChI is InChI=1S/C24H31ClF2N3O9P/c1-13(2)36-20(33)14(3)29-40(35,38-15-9-7-6-8-10-15)39-23(4,5)18-17(31)24(25,12-26)21(37-18)30-11-16(27)19(32)28-22(30)34/h6-11,13-14,17-18,21,31H,12H2,1-5H3,(H,29,35)(H,28,32,34)/t14-,17?,18-,21+,24+,40?/m0/s1. The van der Waals surface area contributed by atoms with E-state index < -0.39 is 78.5 Å². The first-order valence-electron chi connectivity index (χ1n) is 12.2. The molecule has 0 amide bonds. The Bertz CT molecular complexity index is 1370. The summed E-state index contributed by atoms with van der Waals surface area (Å²) in [6.07, 6.45) is -5.35. The number of aromatic amines is 1. The maximum Gasteiger partial charge on any atom is 0.460 e. The van der Waals surface area contributed by atoms with Crippen LogP contribution in [0.3, 0.4) is 0 Å². The van der Waals surface area contributed by atoms with Crippen LogP contribution >= 0.6 is 19.3 Å². The fourth-order valence-electron chi connectivity index (χ4n) is 4.02. The van der Waals surface area contributed by atoms with E-state index in [1.54, 1.807) is 37.0 Å². The fraction of sp³-hybridized carbons (Fsp3) is 0.542. The number of aliphatic hydroxyl groups is 1. The summed E-state index contributed by atoms with van der Waals surface area (Å²) in [6, 6.07) is 6.63. The molecule has 2 heterocycles. The molecule has 16 heteroatoms. The first-order valence-corrected chi connectivity index (χ1v) is 14.1. The molecule has 1 aromatic heterocycles. The summed E-state index contributed by atoms with van der Waals surface area (Å²) in [4.78, 5) is 35.7. The van der Waals surface area contributed by atoms with E-state index in [0.717, 1.165) is 0 Å². The van der Waals surface area contributed by atoms with Crippen molar-refractivity contribution in [3.63, 3.8) is 0 Å². The number of rotatable bonds is 11. The van der Waals surface area contributed by atoms with Gasteiger partial charge in [-0.05, 0) is 46.8 Å². The first-order chi connectivity index (χ1) is 18.5. The number of ether oxygens (including phenoxy) is 2. The molecule has 2 unspecified atom stereocenters. The molecule has 0 spiro atoms. The third-order valence-corrected chi connectivity index (χ3v) is 8.29. The highest BCUT2D eigenvalue weighted by molar-refractivity contribution is 7.52. The van der Waals surface area contributed by atoms with Crippen molar-refractivity contribution in [3.8, 4) is 5.75 Å². The van der Waals surface area contributed by atoms with Gasteiger partial charge < -0.3 is 19.1 Å². The lowest BCUT2D eigenvalue weighted by molar-refractivity contribution is -0.149. The summed E-state index contributed by atoms with van der Waals surface area (Å²) in [7, 11) is -4.52. The molecule has 1 aromatic carbocycles. The Morgan fingerprint density at radius 2 is 1.93 bits per heavy atom. The van der Waals surface area contributed by atoms with Gasteiger partial charge in [-0.1, -0.05) is 18.2 Å². The molecular formula is C24H31ClF2N3O9P. The quantitative estimate of drug-likeness (QED) is 0.196. The lowest BCUT2D eigenvalue weighted by Crippen LogP contribution is -2.51. The van der Waals surface area contributed by atoms with Gasteiger partial charge in [-0.25, -0.2) is 13.8 Å². The molecule has 1 saturated heterocycles. The van der Waals surface area contributed by atoms with E-state index in [-0.39, 0.29) is 5.75 Å². The Morgan fingerprint density at radius 1 is 1.30 bits per heavy atom. The summed E-state index contributed by atoms with van der Waals surface area (Å²) in [6.45, 7) is 5.78. The first kappa shape index (κ1) is 31.9. The number of esters is 1. The van der Waals surface area contributed by atoms with Crippen LogP contribution in [-0.2, 0) is 23.4 Å². The van der Waals surface area contributed by atoms with E-state index in [1.807, 2.05) is 0 Å². The van der Waals surface area contributed by atoms with E-state index in [1.165, 1.54) is 32.9 Å². The van der Waals surface area contributed by atoms with Crippen molar-refractivity contribution >= 4 is 25.3 Å². The van der Waals surface area contributed by atoms with Gasteiger partial charge in [-0.2, -0.15) is 9.48 Å². The predicted octanol–water partition coefficient (Wildman–Crippen LogP) is 2.79. The minimum absolute atomic E-state index is 0.0926. The van der Waals surface area contributed by atoms with Crippen LogP contribution in [-0.4, -0.2) is 62.1 Å². The summed E-state index contributed by atoms with van der Waals surface area (Å²) >= 11 is 6.39. The van der Waals surface area contributed by atoms with Gasteiger partial charge in [-0.15, -0.1) is 11.6 Å². The molecule has 0 radical (unpaired) electrons. The topological polar surface area (TPSA) is 158 Å². The summed E-state index contributed by atoms with van der Waals surface area (Å²) in [5.41, 5.74) is -4.33. The Balaban J connectivity index is 1.98. The van der Waals surface area contributed by atoms with Crippen LogP contribution in [0.15, 0.2) is 46.1 Å². The minimum Gasteiger partial charge on any atom is -0.462 e. The van der Waals surface area contributed by atoms with E-state index in [2.05, 4.69) is 5.09 Å². The zero-order valence-electron chi connectivity index (χ0n) is 22.3. The number of carbonyl (C=O) groups excluding carboxylic acids is 1. The van der Waals surface area contributed by atoms with Gasteiger partial charge in [-0.3, -0.25) is 23.7 Å². The number of aliphatic hydroxyl groups excluding tert-OH is 1. The molecule has 12 nitrogen and oxygen atoms in total. The number of aromatic nitrogens is 2. The SMILES string of the molecule is CC(C)OC(=O)[C@H](C)NP(=O)(Oc1ccccc1)OC(C)(C)[C@H]1O[C@@H](n2cc(F)c(=O)[nH]c2=O)[C@@](Cl)(CF)C1O. The van der Waals surface area contributed by atoms with Crippen molar-refractivity contribution in [2.45, 2.75) is 75.7 Å². The van der Waals surface area contributed by atoms with Crippen LogP contribution in [0.5, 0.6) is 5.75 Å². The third-order valence-electron chi connectivity index (χ3n) is 5.91. The molecule has 222 valence electrons. The number of nitrogens with zero attached hydrogens (tertiary/aromatic N) is 1. The second kappa shape index (κ2) is 12.1. The lowest BCUT2D eigenvalue weighted by atomic mass is 9.91. The molecule has 40 heavy (non-hydrogen) atoms. The van der Waals surface area contributed by atoms with E-state index in [4.69, 9.17) is 30.1 Å². The van der Waals surface area contributed by atoms with Gasteiger partial charge in [0, 0.05) is 0 Å². The number of hydrogen-bond donors (Lipinski definition) is 3. The lowest BCUT2D eigenvalue weighted by Gasteiger charge is -2.36. The van der Waals surface area contributed by atoms with Crippen LogP contribution in [0.25, 0.3) is 0 Å². The molecule has 1 aliphatic rings. The maximum atomic E-state index is 14.3. The Labute approximate surface area is 233 Å². The number of hydrogen-bond acceptors (Lipinski definition) is 9. The smallest absolute Gasteiger partial charge is 0.460 e. The molecule has 0 bridgehead atoms. The number of carbonyl (C=O) groups is 1. The maximum absolute atomic E-state index is 14.3. The molecule has 1 aliphatic heterocycles. The second-order valence-corrected chi connectivity index (χ2v) is 12.3. The van der Waals surface area contributed by atoms with Gasteiger partial charge in [0.05, 0.1) is 12.3 Å². The normalized spacial score (nSPS) is 25.4. The van der Waals surface area contributed by atoms with Gasteiger partial charge >= 0.3 is 19.4 Å². The monoisotopic (exact) mass is 609 g/mol. The second-order valence-electron chi connectivity index (χ2n) is 9.99. The number of benzene rings is 1. The van der Waals surface area contributed by atoms with Crippen LogP contribution in [0.1, 0.15) is 40.8 Å². The Morgan fingerprint density at radius 3 is 2.50 bits per heavy atom. The van der Waals surface area contributed by atoms with Crippen molar-refractivity contribution in [2.75, 3.05) is 6.67 Å². The molecule has 3 rings (SSSR count). The number of halogens is 3. The molecule has 0 saturated carbocycles. The molecular weight excluding hydrogens is 579 g/mol. The number of nitrogens with one attached hydrogen (secondary N) is 2. The van der Waals surface area contributed by atoms with Crippen LogP contribution in [0.4, 0.5) is 8.78 Å². The molecule has 2 aromatic rings. The van der Waals surface area contributed by atoms with Crippen molar-refractivity contribution in [3.05, 3.63) is 63.2 Å². The third kappa shape index (κ3) is 6.81. The average Bonchev–Trinajstić information content (AvgIpc) is 3.12. The predicted molar refractivity (Wildman–Crippen MR) is 139 cm³/mol. The highest BCUT2D eigenvalue weighted by Gasteiger charge is 2.62. The molecule has 6 atom stereocenters. The fourth-order valence-corrected chi connectivity index (χ4v) is 6.14. The van der Waals surface area contributed by atoms with E-state index in [0.29, 0.717) is 10.8 Å². The van der Waals surface area contributed by atoms with E-state index in [9.17, 15) is 32.8 Å². The largest absolute Gasteiger partial charge is 0.462 e. The molecule has 3 N–H and O–H groups in total. The number of H-pyrrole nitrogens is 1. The number of alkyl halides is 2. The zero-order valence-corrected chi connectivity index (χ0v) is 23.9. The van der Waals surface area contributed by atoms with Crippen molar-refractivity contribution in [1.82, 2.24) is 14.6 Å². The Kier molecular flexibility index (Phi) is 9.65. The average molecular weight is 610 g/mol. The summed E-state index contributed by atoms with van der Waals surface area (Å²) in [5, 5.41) is 13.6. The Hall–Kier alpha value is -2.61.